The smallest absolute Gasteiger partial charge is 0.366 e. The molecule has 0 unspecified atom stereocenters. The lowest BCUT2D eigenvalue weighted by atomic mass is 10.0. The lowest BCUT2D eigenvalue weighted by Crippen LogP contribution is -1.94. The highest BCUT2D eigenvalue weighted by molar-refractivity contribution is 7.07. The van der Waals surface area contributed by atoms with Gasteiger partial charge in [0.25, 0.3) is 0 Å². The summed E-state index contributed by atoms with van der Waals surface area (Å²) in [6.07, 6.45) is 0. The van der Waals surface area contributed by atoms with Gasteiger partial charge < -0.3 is 5.11 Å². The minimum absolute atomic E-state index is 0.0633. The highest BCUT2D eigenvalue weighted by Gasteiger charge is 2.13. The Morgan fingerprint density at radius 3 is 2.80 bits per heavy atom. The van der Waals surface area contributed by atoms with Crippen LogP contribution in [0.25, 0.3) is 22.2 Å². The number of carboxylic acids is 1. The van der Waals surface area contributed by atoms with Gasteiger partial charge in [0, 0.05) is 5.56 Å². The molecule has 0 aliphatic heterocycles. The van der Waals surface area contributed by atoms with E-state index in [1.807, 2.05) is 30.3 Å². The number of benzene rings is 2. The molecule has 0 aliphatic carbocycles. The predicted octanol–water partition coefficient (Wildman–Crippen LogP) is 2.93. The van der Waals surface area contributed by atoms with Crippen LogP contribution >= 0.6 is 11.5 Å². The van der Waals surface area contributed by atoms with E-state index in [-0.39, 0.29) is 5.01 Å². The first kappa shape index (κ1) is 12.3. The minimum Gasteiger partial charge on any atom is -0.476 e. The maximum Gasteiger partial charge on any atom is 0.366 e. The second-order valence-corrected chi connectivity index (χ2v) is 4.84. The third-order valence-electron chi connectivity index (χ3n) is 2.85. The van der Waals surface area contributed by atoms with Crippen LogP contribution in [0.5, 0.6) is 0 Å². The van der Waals surface area contributed by atoms with Crippen molar-refractivity contribution in [2.45, 2.75) is 0 Å². The van der Waals surface area contributed by atoms with Crippen molar-refractivity contribution in [3.05, 3.63) is 47.0 Å². The van der Waals surface area contributed by atoms with Gasteiger partial charge in [-0.3, -0.25) is 0 Å². The summed E-state index contributed by atoms with van der Waals surface area (Å²) < 4.78 is 4.03. The van der Waals surface area contributed by atoms with Crippen molar-refractivity contribution in [1.29, 1.82) is 5.26 Å². The number of carbonyl (C=O) groups is 1. The molecule has 5 nitrogen and oxygen atoms in total. The Balaban J connectivity index is 2.21. The van der Waals surface area contributed by atoms with E-state index in [1.165, 1.54) is 0 Å². The summed E-state index contributed by atoms with van der Waals surface area (Å²) in [5.41, 5.74) is 1.16. The molecule has 3 rings (SSSR count). The molecule has 1 heterocycles. The number of aromatic nitrogens is 2. The predicted molar refractivity (Wildman–Crippen MR) is 74.5 cm³/mol. The maximum atomic E-state index is 10.8. The van der Waals surface area contributed by atoms with Crippen molar-refractivity contribution in [2.75, 3.05) is 0 Å². The lowest BCUT2D eigenvalue weighted by molar-refractivity contribution is 0.0696. The summed E-state index contributed by atoms with van der Waals surface area (Å²) >= 11 is 0.828. The van der Waals surface area contributed by atoms with Gasteiger partial charge in [0.2, 0.25) is 5.01 Å². The molecule has 0 saturated heterocycles. The zero-order valence-corrected chi connectivity index (χ0v) is 10.9. The normalized spacial score (nSPS) is 10.3. The summed E-state index contributed by atoms with van der Waals surface area (Å²) in [6.45, 7) is 0. The van der Waals surface area contributed by atoms with Gasteiger partial charge in [-0.2, -0.15) is 9.64 Å². The van der Waals surface area contributed by atoms with E-state index in [0.29, 0.717) is 17.0 Å². The molecule has 1 N–H and O–H groups in total. The van der Waals surface area contributed by atoms with Crippen LogP contribution in [-0.4, -0.2) is 20.4 Å². The Labute approximate surface area is 117 Å². The first-order chi connectivity index (χ1) is 9.69. The summed E-state index contributed by atoms with van der Waals surface area (Å²) in [6, 6.07) is 13.2. The number of rotatable bonds is 2. The monoisotopic (exact) mass is 281 g/mol. The van der Waals surface area contributed by atoms with Crippen LogP contribution in [0.1, 0.15) is 15.4 Å². The fraction of sp³-hybridized carbons (Fsp3) is 0. The van der Waals surface area contributed by atoms with E-state index in [9.17, 15) is 10.1 Å². The van der Waals surface area contributed by atoms with Crippen LogP contribution in [0.4, 0.5) is 0 Å². The van der Waals surface area contributed by atoms with Gasteiger partial charge in [-0.1, -0.05) is 24.3 Å². The summed E-state index contributed by atoms with van der Waals surface area (Å²) in [4.78, 5) is 14.8. The van der Waals surface area contributed by atoms with Crippen molar-refractivity contribution in [3.8, 4) is 17.5 Å². The number of hydrogen-bond donors (Lipinski definition) is 1. The average molecular weight is 281 g/mol. The van der Waals surface area contributed by atoms with Crippen molar-refractivity contribution in [1.82, 2.24) is 9.36 Å². The van der Waals surface area contributed by atoms with Gasteiger partial charge >= 0.3 is 5.97 Å². The molecule has 6 heteroatoms. The molecule has 1 aromatic heterocycles. The summed E-state index contributed by atoms with van der Waals surface area (Å²) in [5, 5.41) is 19.8. The molecule has 96 valence electrons. The fourth-order valence-corrected chi connectivity index (χ4v) is 2.48. The molecule has 0 spiro atoms. The number of nitriles is 1. The largest absolute Gasteiger partial charge is 0.476 e. The molecule has 0 bridgehead atoms. The Hall–Kier alpha value is -2.78. The van der Waals surface area contributed by atoms with E-state index >= 15 is 0 Å². The van der Waals surface area contributed by atoms with Gasteiger partial charge in [-0.25, -0.2) is 9.78 Å². The van der Waals surface area contributed by atoms with Gasteiger partial charge in [-0.05, 0) is 34.4 Å². The van der Waals surface area contributed by atoms with Crippen LogP contribution in [0.3, 0.4) is 0 Å². The van der Waals surface area contributed by atoms with Gasteiger partial charge in [0.05, 0.1) is 11.6 Å². The van der Waals surface area contributed by atoms with Crippen molar-refractivity contribution in [2.24, 2.45) is 0 Å². The molecule has 0 fully saturated rings. The number of carboxylic acid groups (broad SMARTS) is 1. The summed E-state index contributed by atoms with van der Waals surface area (Å²) in [7, 11) is 0. The van der Waals surface area contributed by atoms with Crippen molar-refractivity contribution < 1.29 is 9.90 Å². The Bertz CT molecular complexity index is 864. The molecular weight excluding hydrogens is 274 g/mol. The number of nitrogens with zero attached hydrogens (tertiary/aromatic N) is 3. The zero-order chi connectivity index (χ0) is 14.1. The highest BCUT2D eigenvalue weighted by atomic mass is 32.1. The third-order valence-corrected chi connectivity index (χ3v) is 3.55. The van der Waals surface area contributed by atoms with Crippen molar-refractivity contribution >= 4 is 28.3 Å². The lowest BCUT2D eigenvalue weighted by Gasteiger charge is -2.02. The topological polar surface area (TPSA) is 86.9 Å². The summed E-state index contributed by atoms with van der Waals surface area (Å²) in [5.74, 6) is -0.773. The van der Waals surface area contributed by atoms with Crippen LogP contribution < -0.4 is 0 Å². The van der Waals surface area contributed by atoms with E-state index in [4.69, 9.17) is 5.11 Å². The Morgan fingerprint density at radius 2 is 2.10 bits per heavy atom. The molecule has 0 aliphatic rings. The highest BCUT2D eigenvalue weighted by Crippen LogP contribution is 2.26. The number of aromatic carboxylic acids is 1. The van der Waals surface area contributed by atoms with Crippen molar-refractivity contribution in [3.63, 3.8) is 0 Å². The van der Waals surface area contributed by atoms with Crippen LogP contribution in [0, 0.1) is 11.3 Å². The molecule has 0 amide bonds. The minimum atomic E-state index is -1.10. The number of fused-ring (bicyclic) bond motifs is 1. The Kier molecular flexibility index (Phi) is 2.89. The quantitative estimate of drug-likeness (QED) is 0.780. The standard InChI is InChI=1S/C14H7N3O2S/c15-7-10-6-9(5-8-3-1-2-4-11(8)10)12-16-13(14(18)19)20-17-12/h1-6H,(H,18,19). The van der Waals surface area contributed by atoms with E-state index in [2.05, 4.69) is 15.4 Å². The van der Waals surface area contributed by atoms with Gasteiger partial charge in [0.15, 0.2) is 5.82 Å². The molecule has 3 aromatic rings. The van der Waals surface area contributed by atoms with E-state index in [0.717, 1.165) is 22.3 Å². The van der Waals surface area contributed by atoms with Crippen LogP contribution in [0.15, 0.2) is 36.4 Å². The second-order valence-electron chi connectivity index (χ2n) is 4.09. The second kappa shape index (κ2) is 4.72. The Morgan fingerprint density at radius 1 is 1.30 bits per heavy atom. The van der Waals surface area contributed by atoms with Crippen LogP contribution in [-0.2, 0) is 0 Å². The first-order valence-corrected chi connectivity index (χ1v) is 6.46. The van der Waals surface area contributed by atoms with Crippen LogP contribution in [0.2, 0.25) is 0 Å². The third kappa shape index (κ3) is 2.00. The molecule has 0 atom stereocenters. The molecular formula is C14H7N3O2S. The van der Waals surface area contributed by atoms with Gasteiger partial charge in [-0.15, -0.1) is 0 Å². The molecule has 0 saturated carbocycles. The zero-order valence-electron chi connectivity index (χ0n) is 10.1. The molecule has 0 radical (unpaired) electrons. The fourth-order valence-electron chi connectivity index (χ4n) is 1.96. The average Bonchev–Trinajstić information content (AvgIpc) is 2.96. The van der Waals surface area contributed by atoms with Gasteiger partial charge in [0.1, 0.15) is 0 Å². The first-order valence-electron chi connectivity index (χ1n) is 5.69. The van der Waals surface area contributed by atoms with E-state index < -0.39 is 5.97 Å². The SMILES string of the molecule is N#Cc1cc(-c2nsc(C(=O)O)n2)cc2ccccc12. The molecule has 2 aromatic carbocycles. The molecule has 20 heavy (non-hydrogen) atoms. The maximum absolute atomic E-state index is 10.8. The number of hydrogen-bond acceptors (Lipinski definition) is 5. The van der Waals surface area contributed by atoms with E-state index in [1.54, 1.807) is 6.07 Å².